The van der Waals surface area contributed by atoms with Crippen molar-refractivity contribution in [3.05, 3.63) is 52.7 Å². The first-order chi connectivity index (χ1) is 14.3. The number of hydrogen-bond donors (Lipinski definition) is 2. The van der Waals surface area contributed by atoms with E-state index in [9.17, 15) is 4.79 Å². The SMILES string of the molecule is O=C(NC[C@H]1CCCN(Cc2cccs2)C1)NC[C@H]1CCN(c2ccccc2)C1. The van der Waals surface area contributed by atoms with Gasteiger partial charge in [0.25, 0.3) is 0 Å². The number of nitrogens with one attached hydrogen (secondary N) is 2. The van der Waals surface area contributed by atoms with Crippen molar-refractivity contribution in [2.75, 3.05) is 44.2 Å². The van der Waals surface area contributed by atoms with Gasteiger partial charge in [0.05, 0.1) is 0 Å². The van der Waals surface area contributed by atoms with Gasteiger partial charge in [-0.2, -0.15) is 0 Å². The number of carbonyl (C=O) groups is 1. The largest absolute Gasteiger partial charge is 0.371 e. The molecule has 4 rings (SSSR count). The highest BCUT2D eigenvalue weighted by Gasteiger charge is 2.24. The molecule has 2 aliphatic rings. The summed E-state index contributed by atoms with van der Waals surface area (Å²) < 4.78 is 0. The maximum Gasteiger partial charge on any atom is 0.314 e. The van der Waals surface area contributed by atoms with Crippen LogP contribution in [0.1, 0.15) is 24.1 Å². The van der Waals surface area contributed by atoms with E-state index in [0.717, 1.165) is 45.7 Å². The summed E-state index contributed by atoms with van der Waals surface area (Å²) in [6.07, 6.45) is 3.56. The number of piperidine rings is 1. The zero-order valence-corrected chi connectivity index (χ0v) is 17.9. The molecule has 2 aromatic rings. The van der Waals surface area contributed by atoms with Gasteiger partial charge in [0.1, 0.15) is 0 Å². The molecule has 1 aromatic carbocycles. The van der Waals surface area contributed by atoms with Crippen LogP contribution in [-0.4, -0.2) is 50.2 Å². The Bertz CT molecular complexity index is 752. The highest BCUT2D eigenvalue weighted by atomic mass is 32.1. The molecule has 29 heavy (non-hydrogen) atoms. The molecule has 0 saturated carbocycles. The third-order valence-electron chi connectivity index (χ3n) is 6.07. The van der Waals surface area contributed by atoms with Crippen molar-refractivity contribution in [1.29, 1.82) is 0 Å². The molecule has 0 aliphatic carbocycles. The first kappa shape index (κ1) is 20.2. The summed E-state index contributed by atoms with van der Waals surface area (Å²) in [4.78, 5) is 18.6. The monoisotopic (exact) mass is 412 g/mol. The van der Waals surface area contributed by atoms with Crippen LogP contribution in [0.5, 0.6) is 0 Å². The van der Waals surface area contributed by atoms with Crippen molar-refractivity contribution in [2.45, 2.75) is 25.8 Å². The Morgan fingerprint density at radius 3 is 2.52 bits per heavy atom. The fourth-order valence-electron chi connectivity index (χ4n) is 4.49. The van der Waals surface area contributed by atoms with Gasteiger partial charge in [-0.15, -0.1) is 11.3 Å². The number of benzene rings is 1. The van der Waals surface area contributed by atoms with Gasteiger partial charge >= 0.3 is 6.03 Å². The van der Waals surface area contributed by atoms with Crippen molar-refractivity contribution < 1.29 is 4.79 Å². The van der Waals surface area contributed by atoms with Crippen molar-refractivity contribution in [1.82, 2.24) is 15.5 Å². The number of likely N-dealkylation sites (tertiary alicyclic amines) is 1. The Kier molecular flexibility index (Phi) is 7.06. The van der Waals surface area contributed by atoms with Crippen LogP contribution in [0.25, 0.3) is 0 Å². The minimum Gasteiger partial charge on any atom is -0.371 e. The van der Waals surface area contributed by atoms with Crippen LogP contribution in [-0.2, 0) is 6.54 Å². The number of urea groups is 1. The third kappa shape index (κ3) is 5.97. The first-order valence-electron chi connectivity index (χ1n) is 10.8. The summed E-state index contributed by atoms with van der Waals surface area (Å²) in [5, 5.41) is 8.35. The Balaban J connectivity index is 1.13. The molecule has 2 amide bonds. The predicted octanol–water partition coefficient (Wildman–Crippen LogP) is 3.79. The minimum atomic E-state index is -0.0152. The minimum absolute atomic E-state index is 0.0152. The van der Waals surface area contributed by atoms with E-state index in [0.29, 0.717) is 11.8 Å². The number of para-hydroxylation sites is 1. The first-order valence-corrected chi connectivity index (χ1v) is 11.7. The summed E-state index contributed by atoms with van der Waals surface area (Å²) in [6.45, 7) is 6.90. The molecule has 2 atom stereocenters. The Morgan fingerprint density at radius 2 is 1.76 bits per heavy atom. The molecular weight excluding hydrogens is 380 g/mol. The van der Waals surface area contributed by atoms with Crippen molar-refractivity contribution >= 4 is 23.1 Å². The van der Waals surface area contributed by atoms with Gasteiger partial charge in [0, 0.05) is 49.8 Å². The fraction of sp³-hybridized carbons (Fsp3) is 0.522. The molecule has 156 valence electrons. The summed E-state index contributed by atoms with van der Waals surface area (Å²) in [6, 6.07) is 14.9. The predicted molar refractivity (Wildman–Crippen MR) is 120 cm³/mol. The standard InChI is InChI=1S/C23H32N4OS/c28-23(25-15-20-10-12-27(17-20)21-7-2-1-3-8-21)24-14-19-6-4-11-26(16-19)18-22-9-5-13-29-22/h1-3,5,7-9,13,19-20H,4,6,10-12,14-18H2,(H2,24,25,28)/t19-,20-/m1/s1. The Hall–Kier alpha value is -2.05. The average Bonchev–Trinajstić information content (AvgIpc) is 3.44. The molecule has 0 spiro atoms. The third-order valence-corrected chi connectivity index (χ3v) is 6.93. The molecule has 0 radical (unpaired) electrons. The molecule has 5 nitrogen and oxygen atoms in total. The number of hydrogen-bond acceptors (Lipinski definition) is 4. The lowest BCUT2D eigenvalue weighted by molar-refractivity contribution is 0.166. The van der Waals surface area contributed by atoms with Crippen LogP contribution >= 0.6 is 11.3 Å². The van der Waals surface area contributed by atoms with Crippen LogP contribution in [0.15, 0.2) is 47.8 Å². The van der Waals surface area contributed by atoms with Crippen molar-refractivity contribution in [3.63, 3.8) is 0 Å². The van der Waals surface area contributed by atoms with E-state index in [1.165, 1.54) is 30.0 Å². The van der Waals surface area contributed by atoms with Gasteiger partial charge in [0.15, 0.2) is 0 Å². The summed E-state index contributed by atoms with van der Waals surface area (Å²) in [5.74, 6) is 1.08. The number of amides is 2. The van der Waals surface area contributed by atoms with E-state index in [-0.39, 0.29) is 6.03 Å². The van der Waals surface area contributed by atoms with Crippen LogP contribution < -0.4 is 15.5 Å². The summed E-state index contributed by atoms with van der Waals surface area (Å²) >= 11 is 1.83. The molecule has 2 aliphatic heterocycles. The van der Waals surface area contributed by atoms with Crippen LogP contribution in [0.3, 0.4) is 0 Å². The molecule has 0 bridgehead atoms. The summed E-state index contributed by atoms with van der Waals surface area (Å²) in [5.41, 5.74) is 1.28. The molecule has 3 heterocycles. The topological polar surface area (TPSA) is 47.6 Å². The van der Waals surface area contributed by atoms with E-state index in [4.69, 9.17) is 0 Å². The van der Waals surface area contributed by atoms with Crippen LogP contribution in [0.2, 0.25) is 0 Å². The van der Waals surface area contributed by atoms with E-state index in [2.05, 4.69) is 68.3 Å². The molecule has 2 fully saturated rings. The van der Waals surface area contributed by atoms with Gasteiger partial charge in [-0.25, -0.2) is 4.79 Å². The second-order valence-corrected chi connectivity index (χ2v) is 9.38. The second-order valence-electron chi connectivity index (χ2n) is 8.35. The number of rotatable bonds is 7. The number of thiophene rings is 1. The van der Waals surface area contributed by atoms with Gasteiger partial charge in [-0.05, 0) is 61.2 Å². The van der Waals surface area contributed by atoms with Gasteiger partial charge in [0.2, 0.25) is 0 Å². The summed E-state index contributed by atoms with van der Waals surface area (Å²) in [7, 11) is 0. The highest BCUT2D eigenvalue weighted by Crippen LogP contribution is 2.23. The Labute approximate surface area is 178 Å². The Morgan fingerprint density at radius 1 is 0.966 bits per heavy atom. The van der Waals surface area contributed by atoms with Gasteiger partial charge in [-0.1, -0.05) is 24.3 Å². The molecular formula is C23H32N4OS. The molecule has 0 unspecified atom stereocenters. The van der Waals surface area contributed by atoms with E-state index < -0.39 is 0 Å². The van der Waals surface area contributed by atoms with E-state index in [1.54, 1.807) is 0 Å². The molecule has 2 N–H and O–H groups in total. The van der Waals surface area contributed by atoms with E-state index in [1.807, 2.05) is 11.3 Å². The fourth-order valence-corrected chi connectivity index (χ4v) is 5.24. The van der Waals surface area contributed by atoms with Gasteiger partial charge in [-0.3, -0.25) is 4.90 Å². The normalized spacial score (nSPS) is 22.6. The zero-order valence-electron chi connectivity index (χ0n) is 17.1. The van der Waals surface area contributed by atoms with Crippen LogP contribution in [0, 0.1) is 11.8 Å². The molecule has 6 heteroatoms. The molecule has 2 saturated heterocycles. The smallest absolute Gasteiger partial charge is 0.314 e. The highest BCUT2D eigenvalue weighted by molar-refractivity contribution is 7.09. The molecule has 1 aromatic heterocycles. The van der Waals surface area contributed by atoms with Crippen LogP contribution in [0.4, 0.5) is 10.5 Å². The van der Waals surface area contributed by atoms with E-state index >= 15 is 0 Å². The average molecular weight is 413 g/mol. The lowest BCUT2D eigenvalue weighted by Crippen LogP contribution is -2.44. The lowest BCUT2D eigenvalue weighted by Gasteiger charge is -2.32. The van der Waals surface area contributed by atoms with Gasteiger partial charge < -0.3 is 15.5 Å². The second kappa shape index (κ2) is 10.1. The maximum atomic E-state index is 12.3. The maximum absolute atomic E-state index is 12.3. The number of anilines is 1. The number of carbonyl (C=O) groups excluding carboxylic acids is 1. The van der Waals surface area contributed by atoms with Crippen molar-refractivity contribution in [3.8, 4) is 0 Å². The van der Waals surface area contributed by atoms with Crippen molar-refractivity contribution in [2.24, 2.45) is 11.8 Å². The number of nitrogens with zero attached hydrogens (tertiary/aromatic N) is 2. The quantitative estimate of drug-likeness (QED) is 0.727. The zero-order chi connectivity index (χ0) is 19.9. The lowest BCUT2D eigenvalue weighted by atomic mass is 9.98.